The molecule has 0 fully saturated rings. The molecule has 1 aromatic rings. The summed E-state index contributed by atoms with van der Waals surface area (Å²) in [7, 11) is 0. The minimum atomic E-state index is 0.0592. The van der Waals surface area contributed by atoms with Crippen LogP contribution >= 0.6 is 23.2 Å². The predicted molar refractivity (Wildman–Crippen MR) is 86.2 cm³/mol. The van der Waals surface area contributed by atoms with Crippen LogP contribution in [-0.2, 0) is 0 Å². The Morgan fingerprint density at radius 2 is 1.85 bits per heavy atom. The zero-order valence-electron chi connectivity index (χ0n) is 12.0. The molecule has 0 amide bonds. The van der Waals surface area contributed by atoms with E-state index in [1.807, 2.05) is 24.3 Å². The lowest BCUT2D eigenvalue weighted by Gasteiger charge is -2.22. The van der Waals surface area contributed by atoms with Crippen LogP contribution in [0.2, 0.25) is 0 Å². The first kappa shape index (κ1) is 15.3. The topological polar surface area (TPSA) is 17.1 Å². The van der Waals surface area contributed by atoms with E-state index in [0.717, 1.165) is 24.0 Å². The second-order valence-electron chi connectivity index (χ2n) is 5.42. The zero-order chi connectivity index (χ0) is 14.9. The Bertz CT molecular complexity index is 609. The second-order valence-corrected chi connectivity index (χ2v) is 6.18. The first-order valence-corrected chi connectivity index (χ1v) is 7.56. The summed E-state index contributed by atoms with van der Waals surface area (Å²) in [4.78, 5) is 11.5. The van der Waals surface area contributed by atoms with Crippen LogP contribution in [0.1, 0.15) is 49.5 Å². The number of carbonyl (C=O) groups is 1. The molecule has 0 saturated heterocycles. The Balaban J connectivity index is 2.48. The summed E-state index contributed by atoms with van der Waals surface area (Å²) in [5, 5.41) is 1.30. The summed E-state index contributed by atoms with van der Waals surface area (Å²) in [5.41, 5.74) is 3.94. The normalized spacial score (nSPS) is 16.1. The summed E-state index contributed by atoms with van der Waals surface area (Å²) in [6.07, 6.45) is 1.79. The van der Waals surface area contributed by atoms with E-state index in [1.165, 1.54) is 5.57 Å². The van der Waals surface area contributed by atoms with Gasteiger partial charge in [-0.25, -0.2) is 0 Å². The molecule has 1 aliphatic carbocycles. The molecule has 0 radical (unpaired) electrons. The number of benzene rings is 1. The first-order valence-electron chi connectivity index (χ1n) is 6.80. The van der Waals surface area contributed by atoms with Crippen LogP contribution in [0.3, 0.4) is 0 Å². The van der Waals surface area contributed by atoms with Gasteiger partial charge in [-0.2, -0.15) is 0 Å². The van der Waals surface area contributed by atoms with E-state index < -0.39 is 0 Å². The maximum Gasteiger partial charge on any atom is 0.159 e. The maximum absolute atomic E-state index is 11.5. The fraction of sp³-hybridized carbons (Fsp3) is 0.353. The van der Waals surface area contributed by atoms with Crippen molar-refractivity contribution in [3.8, 4) is 0 Å². The Hall–Kier alpha value is -1.05. The fourth-order valence-electron chi connectivity index (χ4n) is 2.49. The van der Waals surface area contributed by atoms with Gasteiger partial charge in [0, 0.05) is 5.56 Å². The van der Waals surface area contributed by atoms with Crippen LogP contribution in [0, 0.1) is 5.92 Å². The molecular weight excluding hydrogens is 291 g/mol. The number of ketones is 1. The molecule has 3 heteroatoms. The summed E-state index contributed by atoms with van der Waals surface area (Å²) in [5.74, 6) is 0.463. The van der Waals surface area contributed by atoms with E-state index in [1.54, 1.807) is 6.92 Å². The van der Waals surface area contributed by atoms with Gasteiger partial charge in [-0.1, -0.05) is 55.2 Å². The van der Waals surface area contributed by atoms with Crippen LogP contribution in [0.4, 0.5) is 0 Å². The van der Waals surface area contributed by atoms with Crippen molar-refractivity contribution in [3.05, 3.63) is 51.0 Å². The Morgan fingerprint density at radius 1 is 1.15 bits per heavy atom. The molecule has 1 aromatic carbocycles. The van der Waals surface area contributed by atoms with E-state index in [4.69, 9.17) is 23.2 Å². The molecule has 0 atom stereocenters. The number of Topliss-reactive ketones (excluding diaryl/α,β-unsaturated/α-hetero) is 1. The maximum atomic E-state index is 11.5. The van der Waals surface area contributed by atoms with Gasteiger partial charge in [-0.05, 0) is 48.5 Å². The molecule has 20 heavy (non-hydrogen) atoms. The highest BCUT2D eigenvalue weighted by atomic mass is 35.5. The Kier molecular flexibility index (Phi) is 4.72. The van der Waals surface area contributed by atoms with E-state index in [2.05, 4.69) is 13.8 Å². The third kappa shape index (κ3) is 2.99. The number of halogens is 2. The van der Waals surface area contributed by atoms with Crippen molar-refractivity contribution in [2.24, 2.45) is 5.92 Å². The smallest absolute Gasteiger partial charge is 0.159 e. The SMILES string of the molecule is CC(=O)c1cccc(C2=C(Cl)C(Cl)=C(C(C)C)CC2)c1. The molecule has 0 saturated carbocycles. The Morgan fingerprint density at radius 3 is 2.45 bits per heavy atom. The molecule has 106 valence electrons. The number of carbonyl (C=O) groups excluding carboxylic acids is 1. The molecule has 0 bridgehead atoms. The fourth-order valence-corrected chi connectivity index (χ4v) is 3.24. The second kappa shape index (κ2) is 6.15. The quantitative estimate of drug-likeness (QED) is 0.647. The lowest BCUT2D eigenvalue weighted by atomic mass is 9.87. The summed E-state index contributed by atoms with van der Waals surface area (Å²) >= 11 is 12.8. The highest BCUT2D eigenvalue weighted by molar-refractivity contribution is 6.46. The molecule has 0 spiro atoms. The first-order chi connectivity index (χ1) is 9.41. The molecule has 0 aromatic heterocycles. The lowest BCUT2D eigenvalue weighted by molar-refractivity contribution is 0.101. The van der Waals surface area contributed by atoms with Crippen molar-refractivity contribution in [1.82, 2.24) is 0 Å². The van der Waals surface area contributed by atoms with Crippen LogP contribution in [0.5, 0.6) is 0 Å². The van der Waals surface area contributed by atoms with Gasteiger partial charge >= 0.3 is 0 Å². The van der Waals surface area contributed by atoms with Crippen molar-refractivity contribution >= 4 is 34.6 Å². The van der Waals surface area contributed by atoms with E-state index in [0.29, 0.717) is 21.5 Å². The predicted octanol–water partition coefficient (Wildman–Crippen LogP) is 5.78. The van der Waals surface area contributed by atoms with E-state index in [-0.39, 0.29) is 5.78 Å². The van der Waals surface area contributed by atoms with Gasteiger partial charge in [-0.15, -0.1) is 0 Å². The van der Waals surface area contributed by atoms with Crippen molar-refractivity contribution in [1.29, 1.82) is 0 Å². The largest absolute Gasteiger partial charge is 0.295 e. The van der Waals surface area contributed by atoms with Gasteiger partial charge in [0.1, 0.15) is 0 Å². The van der Waals surface area contributed by atoms with Crippen molar-refractivity contribution < 1.29 is 4.79 Å². The van der Waals surface area contributed by atoms with Gasteiger partial charge in [0.2, 0.25) is 0 Å². The molecule has 2 rings (SSSR count). The number of hydrogen-bond acceptors (Lipinski definition) is 1. The Labute approximate surface area is 130 Å². The van der Waals surface area contributed by atoms with E-state index >= 15 is 0 Å². The third-order valence-electron chi connectivity index (χ3n) is 3.70. The third-order valence-corrected chi connectivity index (χ3v) is 4.64. The summed E-state index contributed by atoms with van der Waals surface area (Å²) in [6, 6.07) is 7.58. The zero-order valence-corrected chi connectivity index (χ0v) is 13.5. The number of allylic oxidation sites excluding steroid dienone is 4. The highest BCUT2D eigenvalue weighted by Crippen LogP contribution is 2.42. The van der Waals surface area contributed by atoms with E-state index in [9.17, 15) is 4.79 Å². The van der Waals surface area contributed by atoms with Crippen molar-refractivity contribution in [2.45, 2.75) is 33.6 Å². The van der Waals surface area contributed by atoms with Crippen LogP contribution < -0.4 is 0 Å². The average Bonchev–Trinajstić information content (AvgIpc) is 2.41. The van der Waals surface area contributed by atoms with Gasteiger partial charge < -0.3 is 0 Å². The van der Waals surface area contributed by atoms with Gasteiger partial charge in [0.25, 0.3) is 0 Å². The number of hydrogen-bond donors (Lipinski definition) is 0. The molecule has 1 nitrogen and oxygen atoms in total. The standard InChI is InChI=1S/C17H18Cl2O/c1-10(2)14-7-8-15(17(19)16(14)18)13-6-4-5-12(9-13)11(3)20/h4-6,9-10H,7-8H2,1-3H3. The van der Waals surface area contributed by atoms with Crippen LogP contribution in [-0.4, -0.2) is 5.78 Å². The summed E-state index contributed by atoms with van der Waals surface area (Å²) < 4.78 is 0. The highest BCUT2D eigenvalue weighted by Gasteiger charge is 2.22. The molecule has 0 aliphatic heterocycles. The molecular formula is C17H18Cl2O. The molecule has 0 heterocycles. The number of rotatable bonds is 3. The van der Waals surface area contributed by atoms with Crippen LogP contribution in [0.15, 0.2) is 39.9 Å². The minimum Gasteiger partial charge on any atom is -0.295 e. The summed E-state index contributed by atoms with van der Waals surface area (Å²) in [6.45, 7) is 5.83. The average molecular weight is 309 g/mol. The molecule has 0 unspecified atom stereocenters. The molecule has 1 aliphatic rings. The minimum absolute atomic E-state index is 0.0592. The van der Waals surface area contributed by atoms with Crippen molar-refractivity contribution in [2.75, 3.05) is 0 Å². The van der Waals surface area contributed by atoms with Gasteiger partial charge in [0.15, 0.2) is 5.78 Å². The monoisotopic (exact) mass is 308 g/mol. The van der Waals surface area contributed by atoms with Crippen molar-refractivity contribution in [3.63, 3.8) is 0 Å². The van der Waals surface area contributed by atoms with Gasteiger partial charge in [-0.3, -0.25) is 4.79 Å². The lowest BCUT2D eigenvalue weighted by Crippen LogP contribution is -2.05. The van der Waals surface area contributed by atoms with Gasteiger partial charge in [0.05, 0.1) is 10.1 Å². The molecule has 0 N–H and O–H groups in total. The van der Waals surface area contributed by atoms with Crippen LogP contribution in [0.25, 0.3) is 5.57 Å².